The highest BCUT2D eigenvalue weighted by Gasteiger charge is 2.23. The van der Waals surface area contributed by atoms with Crippen molar-refractivity contribution in [2.75, 3.05) is 6.79 Å². The van der Waals surface area contributed by atoms with Crippen molar-refractivity contribution in [2.45, 2.75) is 52.4 Å². The topological polar surface area (TPSA) is 123 Å². The zero-order valence-corrected chi connectivity index (χ0v) is 18.8. The first-order valence-corrected chi connectivity index (χ1v) is 11.2. The molecule has 2 heterocycles. The second kappa shape index (κ2) is 10.4. The third-order valence-electron chi connectivity index (χ3n) is 5.63. The predicted molar refractivity (Wildman–Crippen MR) is 123 cm³/mol. The van der Waals surface area contributed by atoms with Gasteiger partial charge in [0.15, 0.2) is 12.5 Å². The van der Waals surface area contributed by atoms with Gasteiger partial charge in [-0.1, -0.05) is 44.4 Å². The van der Waals surface area contributed by atoms with E-state index in [1.54, 1.807) is 24.3 Å². The molecule has 1 aliphatic heterocycles. The van der Waals surface area contributed by atoms with Crippen molar-refractivity contribution in [1.82, 2.24) is 9.78 Å². The molecular formula is C24H25N3O7. The summed E-state index contributed by atoms with van der Waals surface area (Å²) in [5.41, 5.74) is 0.482. The lowest BCUT2D eigenvalue weighted by Gasteiger charge is -2.20. The van der Waals surface area contributed by atoms with Gasteiger partial charge in [0.1, 0.15) is 12.4 Å². The molecule has 0 bridgehead atoms. The Morgan fingerprint density at radius 3 is 2.76 bits per heavy atom. The van der Waals surface area contributed by atoms with E-state index in [-0.39, 0.29) is 36.9 Å². The number of hydrogen-bond acceptors (Lipinski definition) is 8. The van der Waals surface area contributed by atoms with Crippen molar-refractivity contribution in [3.8, 4) is 5.75 Å². The number of nitro groups is 1. The Balaban J connectivity index is 1.62. The van der Waals surface area contributed by atoms with Crippen LogP contribution in [0.1, 0.15) is 54.2 Å². The Kier molecular flexibility index (Phi) is 7.17. The van der Waals surface area contributed by atoms with Crippen LogP contribution in [-0.4, -0.2) is 27.5 Å². The van der Waals surface area contributed by atoms with Gasteiger partial charge in [-0.2, -0.15) is 5.10 Å². The van der Waals surface area contributed by atoms with Gasteiger partial charge in [0.05, 0.1) is 16.9 Å². The summed E-state index contributed by atoms with van der Waals surface area (Å²) in [6, 6.07) is 9.45. The highest BCUT2D eigenvalue weighted by atomic mass is 16.7. The maximum absolute atomic E-state index is 13.1. The van der Waals surface area contributed by atoms with Gasteiger partial charge in [-0.15, -0.1) is 0 Å². The molecule has 3 aromatic rings. The van der Waals surface area contributed by atoms with E-state index < -0.39 is 10.9 Å². The maximum Gasteiger partial charge on any atom is 0.359 e. The van der Waals surface area contributed by atoms with E-state index in [4.69, 9.17) is 14.2 Å². The van der Waals surface area contributed by atoms with Gasteiger partial charge >= 0.3 is 5.97 Å². The number of aromatic nitrogens is 2. The fourth-order valence-corrected chi connectivity index (χ4v) is 3.93. The van der Waals surface area contributed by atoms with Gasteiger partial charge in [0.2, 0.25) is 0 Å². The highest BCUT2D eigenvalue weighted by Crippen LogP contribution is 2.33. The molecule has 0 amide bonds. The monoisotopic (exact) mass is 467 g/mol. The molecule has 1 aromatic heterocycles. The van der Waals surface area contributed by atoms with Crippen LogP contribution in [0, 0.1) is 10.1 Å². The number of carbonyl (C=O) groups excluding carboxylic acids is 1. The van der Waals surface area contributed by atoms with Crippen molar-refractivity contribution in [3.05, 3.63) is 73.7 Å². The molecule has 0 atom stereocenters. The lowest BCUT2D eigenvalue weighted by atomic mass is 10.1. The molecule has 0 aliphatic carbocycles. The first kappa shape index (κ1) is 23.4. The van der Waals surface area contributed by atoms with Crippen molar-refractivity contribution in [2.24, 2.45) is 0 Å². The number of unbranched alkanes of at least 4 members (excludes halogenated alkanes) is 3. The zero-order valence-electron chi connectivity index (χ0n) is 18.8. The number of ether oxygens (including phenoxy) is 3. The number of non-ortho nitro benzene ring substituents is 1. The summed E-state index contributed by atoms with van der Waals surface area (Å²) in [5, 5.41) is 16.4. The van der Waals surface area contributed by atoms with Crippen LogP contribution >= 0.6 is 0 Å². The Hall–Kier alpha value is -3.79. The summed E-state index contributed by atoms with van der Waals surface area (Å²) in [5.74, 6) is -0.325. The summed E-state index contributed by atoms with van der Waals surface area (Å²) in [4.78, 5) is 36.7. The van der Waals surface area contributed by atoms with Gasteiger partial charge < -0.3 is 14.2 Å². The van der Waals surface area contributed by atoms with Crippen LogP contribution in [0.25, 0.3) is 10.8 Å². The van der Waals surface area contributed by atoms with Crippen LogP contribution < -0.4 is 10.3 Å². The van der Waals surface area contributed by atoms with E-state index in [1.807, 2.05) is 0 Å². The van der Waals surface area contributed by atoms with Crippen LogP contribution in [-0.2, 0) is 29.2 Å². The minimum Gasteiger partial charge on any atom is -0.467 e. The van der Waals surface area contributed by atoms with E-state index in [0.29, 0.717) is 34.2 Å². The zero-order chi connectivity index (χ0) is 24.1. The molecule has 178 valence electrons. The largest absolute Gasteiger partial charge is 0.467 e. The number of carbonyl (C=O) groups is 1. The Bertz CT molecular complexity index is 1290. The molecule has 10 nitrogen and oxygen atoms in total. The number of hydrogen-bond donors (Lipinski definition) is 0. The molecule has 2 aromatic carbocycles. The molecule has 0 fully saturated rings. The third-order valence-corrected chi connectivity index (χ3v) is 5.63. The van der Waals surface area contributed by atoms with E-state index in [0.717, 1.165) is 25.7 Å². The molecule has 0 unspecified atom stereocenters. The van der Waals surface area contributed by atoms with Crippen LogP contribution in [0.3, 0.4) is 0 Å². The molecule has 0 saturated heterocycles. The second-order valence-corrected chi connectivity index (χ2v) is 8.02. The molecule has 34 heavy (non-hydrogen) atoms. The maximum atomic E-state index is 13.1. The van der Waals surface area contributed by atoms with Gasteiger partial charge in [0, 0.05) is 35.2 Å². The summed E-state index contributed by atoms with van der Waals surface area (Å²) < 4.78 is 17.5. The number of rotatable bonds is 9. The Morgan fingerprint density at radius 1 is 1.21 bits per heavy atom. The quantitative estimate of drug-likeness (QED) is 0.199. The number of esters is 1. The van der Waals surface area contributed by atoms with Gasteiger partial charge in [-0.25, -0.2) is 9.48 Å². The average Bonchev–Trinajstić information content (AvgIpc) is 2.86. The number of benzene rings is 2. The summed E-state index contributed by atoms with van der Waals surface area (Å²) >= 11 is 0. The first-order valence-electron chi connectivity index (χ1n) is 11.2. The molecule has 1 aliphatic rings. The normalized spacial score (nSPS) is 12.7. The van der Waals surface area contributed by atoms with E-state index in [2.05, 4.69) is 12.0 Å². The van der Waals surface area contributed by atoms with Gasteiger partial charge in [0.25, 0.3) is 11.2 Å². The molecule has 4 rings (SSSR count). The van der Waals surface area contributed by atoms with E-state index >= 15 is 0 Å². The van der Waals surface area contributed by atoms with Crippen LogP contribution in [0.5, 0.6) is 5.75 Å². The third kappa shape index (κ3) is 4.91. The number of fused-ring (bicyclic) bond motifs is 2. The Labute approximate surface area is 195 Å². The molecular weight excluding hydrogens is 442 g/mol. The lowest BCUT2D eigenvalue weighted by Crippen LogP contribution is -2.26. The minimum absolute atomic E-state index is 0.000936. The summed E-state index contributed by atoms with van der Waals surface area (Å²) in [6.45, 7) is 2.41. The highest BCUT2D eigenvalue weighted by molar-refractivity contribution is 6.02. The molecule has 10 heteroatoms. The van der Waals surface area contributed by atoms with E-state index in [1.165, 1.54) is 16.8 Å². The standard InChI is InChI=1S/C24H25N3O7/c1-2-3-4-7-10-26-23(28)20-9-6-5-8-19(20)21(25-26)24(29)33-14-17-12-18(27(30)31)11-16-13-32-15-34-22(16)17/h5-6,8-9,11-12H,2-4,7,10,13-15H2,1H3. The average molecular weight is 467 g/mol. The number of nitrogens with zero attached hydrogens (tertiary/aromatic N) is 3. The van der Waals surface area contributed by atoms with Crippen LogP contribution in [0.4, 0.5) is 5.69 Å². The van der Waals surface area contributed by atoms with Crippen LogP contribution in [0.15, 0.2) is 41.2 Å². The number of nitro benzene ring substituents is 1. The SMILES string of the molecule is CCCCCCn1nc(C(=O)OCc2cc([N+](=O)[O-])cc3c2OCOC3)c2ccccc2c1=O. The van der Waals surface area contributed by atoms with Crippen molar-refractivity contribution >= 4 is 22.4 Å². The van der Waals surface area contributed by atoms with Crippen molar-refractivity contribution in [1.29, 1.82) is 0 Å². The smallest absolute Gasteiger partial charge is 0.359 e. The predicted octanol–water partition coefficient (Wildman–Crippen LogP) is 4.11. The van der Waals surface area contributed by atoms with Gasteiger partial charge in [-0.05, 0) is 12.5 Å². The lowest BCUT2D eigenvalue weighted by molar-refractivity contribution is -0.385. The van der Waals surface area contributed by atoms with Crippen molar-refractivity contribution in [3.63, 3.8) is 0 Å². The van der Waals surface area contributed by atoms with Crippen LogP contribution in [0.2, 0.25) is 0 Å². The first-order chi connectivity index (χ1) is 16.5. The Morgan fingerprint density at radius 2 is 2.00 bits per heavy atom. The molecule has 0 radical (unpaired) electrons. The van der Waals surface area contributed by atoms with Crippen molar-refractivity contribution < 1.29 is 23.9 Å². The summed E-state index contributed by atoms with van der Waals surface area (Å²) in [7, 11) is 0. The van der Waals surface area contributed by atoms with E-state index in [9.17, 15) is 19.7 Å². The second-order valence-electron chi connectivity index (χ2n) is 8.02. The number of aryl methyl sites for hydroxylation is 1. The minimum atomic E-state index is -0.731. The summed E-state index contributed by atoms with van der Waals surface area (Å²) in [6.07, 6.45) is 3.85. The molecule has 0 N–H and O–H groups in total. The fraction of sp³-hybridized carbons (Fsp3) is 0.375. The fourth-order valence-electron chi connectivity index (χ4n) is 3.93. The molecule has 0 spiro atoms. The molecule has 0 saturated carbocycles. The van der Waals surface area contributed by atoms with Gasteiger partial charge in [-0.3, -0.25) is 14.9 Å².